The molecule has 0 heterocycles. The van der Waals surface area contributed by atoms with Crippen LogP contribution in [0.15, 0.2) is 36.4 Å². The van der Waals surface area contributed by atoms with E-state index in [0.717, 1.165) is 19.3 Å². The molecule has 2 aliphatic carbocycles. The summed E-state index contributed by atoms with van der Waals surface area (Å²) in [6, 6.07) is 9.11. The summed E-state index contributed by atoms with van der Waals surface area (Å²) < 4.78 is 0. The standard InChI is InChI=1S/C22H21.2ClH.Zr/c1-15-9-11-17(21-7-3-5-19(15)21)13-14-18-12-10-16(2)20-6-4-8-22(18)20;;;/h3-6,9-13H,7-8,14H2,1-2H3;2*1H;/q-1;;;+2/p-2. The molecule has 2 aromatic carbocycles. The molecular weight excluding hydrogens is 426 g/mol. The molecule has 2 aromatic rings. The summed E-state index contributed by atoms with van der Waals surface area (Å²) in [6.45, 7) is 4.41. The monoisotopic (exact) mass is 445 g/mol. The van der Waals surface area contributed by atoms with Gasteiger partial charge in [0.1, 0.15) is 0 Å². The van der Waals surface area contributed by atoms with Crippen molar-refractivity contribution >= 4 is 29.2 Å². The molecule has 0 nitrogen and oxygen atoms in total. The normalized spacial score (nSPS) is 13.1. The minimum atomic E-state index is -0.826. The summed E-state index contributed by atoms with van der Waals surface area (Å²) in [4.78, 5) is 0. The van der Waals surface area contributed by atoms with Gasteiger partial charge in [0.05, 0.1) is 0 Å². The SMILES string of the molecule is Cc1ccc([CH-]Cc2ccc(C)c3c2CC=C3)c2c1C=CC2.[Cl][Zr][Cl]. The first kappa shape index (κ1) is 19.0. The van der Waals surface area contributed by atoms with Gasteiger partial charge in [-0.2, -0.15) is 18.1 Å². The summed E-state index contributed by atoms with van der Waals surface area (Å²) in [5, 5.41) is 0. The fourth-order valence-electron chi connectivity index (χ4n) is 3.75. The van der Waals surface area contributed by atoms with Gasteiger partial charge in [-0.1, -0.05) is 66.0 Å². The summed E-state index contributed by atoms with van der Waals surface area (Å²) in [5.74, 6) is 0. The summed E-state index contributed by atoms with van der Waals surface area (Å²) >= 11 is -0.826. The average Bonchev–Trinajstić information content (AvgIpc) is 3.27. The first-order chi connectivity index (χ1) is 12.2. The van der Waals surface area contributed by atoms with E-state index in [0.29, 0.717) is 0 Å². The van der Waals surface area contributed by atoms with Crippen molar-refractivity contribution < 1.29 is 20.8 Å². The van der Waals surface area contributed by atoms with Gasteiger partial charge in [0, 0.05) is 0 Å². The van der Waals surface area contributed by atoms with Crippen LogP contribution in [0, 0.1) is 20.3 Å². The van der Waals surface area contributed by atoms with E-state index in [1.165, 1.54) is 44.5 Å². The Labute approximate surface area is 169 Å². The Morgan fingerprint density at radius 3 is 2.12 bits per heavy atom. The molecule has 0 saturated carbocycles. The molecule has 0 amide bonds. The molecule has 0 radical (unpaired) electrons. The quantitative estimate of drug-likeness (QED) is 0.464. The van der Waals surface area contributed by atoms with Crippen molar-refractivity contribution in [1.29, 1.82) is 0 Å². The zero-order chi connectivity index (χ0) is 17.8. The Hall–Kier alpha value is -0.747. The van der Waals surface area contributed by atoms with Gasteiger partial charge in [-0.25, -0.2) is 0 Å². The van der Waals surface area contributed by atoms with E-state index < -0.39 is 20.8 Å². The van der Waals surface area contributed by atoms with Gasteiger partial charge in [-0.15, -0.1) is 11.6 Å². The van der Waals surface area contributed by atoms with Crippen LogP contribution >= 0.6 is 17.0 Å². The number of fused-ring (bicyclic) bond motifs is 2. The Balaban J connectivity index is 0.000000569. The van der Waals surface area contributed by atoms with Crippen LogP contribution in [0.3, 0.4) is 0 Å². The van der Waals surface area contributed by atoms with E-state index in [1.807, 2.05) is 0 Å². The van der Waals surface area contributed by atoms with E-state index >= 15 is 0 Å². The van der Waals surface area contributed by atoms with Gasteiger partial charge in [0.15, 0.2) is 0 Å². The second-order valence-corrected chi connectivity index (χ2v) is 10.2. The zero-order valence-corrected chi connectivity index (χ0v) is 18.5. The Morgan fingerprint density at radius 2 is 1.44 bits per heavy atom. The third kappa shape index (κ3) is 4.16. The van der Waals surface area contributed by atoms with Gasteiger partial charge < -0.3 is 0 Å². The van der Waals surface area contributed by atoms with E-state index in [2.05, 4.69) is 68.8 Å². The molecule has 0 spiro atoms. The number of allylic oxidation sites excluding steroid dienone is 2. The summed E-state index contributed by atoms with van der Waals surface area (Å²) in [6.07, 6.45) is 14.7. The molecule has 128 valence electrons. The van der Waals surface area contributed by atoms with E-state index in [1.54, 1.807) is 0 Å². The number of rotatable bonds is 3. The molecule has 0 aromatic heterocycles. The maximum absolute atomic E-state index is 4.93. The van der Waals surface area contributed by atoms with E-state index in [-0.39, 0.29) is 0 Å². The molecule has 25 heavy (non-hydrogen) atoms. The Kier molecular flexibility index (Phi) is 6.67. The first-order valence-corrected chi connectivity index (χ1v) is 14.8. The molecule has 4 rings (SSSR count). The number of hydrogen-bond acceptors (Lipinski definition) is 0. The van der Waals surface area contributed by atoms with Crippen molar-refractivity contribution in [3.63, 3.8) is 0 Å². The molecule has 0 aliphatic heterocycles. The molecule has 2 aliphatic rings. The third-order valence-electron chi connectivity index (χ3n) is 5.04. The van der Waals surface area contributed by atoms with Crippen molar-refractivity contribution in [1.82, 2.24) is 0 Å². The van der Waals surface area contributed by atoms with Gasteiger partial charge in [0.25, 0.3) is 0 Å². The first-order valence-electron chi connectivity index (χ1n) is 8.52. The van der Waals surface area contributed by atoms with Crippen LogP contribution in [-0.2, 0) is 40.1 Å². The second kappa shape index (κ2) is 8.76. The van der Waals surface area contributed by atoms with Gasteiger partial charge >= 0.3 is 37.9 Å². The van der Waals surface area contributed by atoms with Gasteiger partial charge in [0.2, 0.25) is 0 Å². The number of halogens is 2. The number of hydrogen-bond donors (Lipinski definition) is 0. The molecule has 0 bridgehead atoms. The zero-order valence-electron chi connectivity index (χ0n) is 14.6. The molecule has 0 unspecified atom stereocenters. The average molecular weight is 448 g/mol. The van der Waals surface area contributed by atoms with Crippen LogP contribution in [0.4, 0.5) is 0 Å². The minimum absolute atomic E-state index is 0.826. The molecular formula is C22H21Cl2Zr-. The predicted octanol–water partition coefficient (Wildman–Crippen LogP) is 6.61. The molecule has 3 heteroatoms. The fourth-order valence-corrected chi connectivity index (χ4v) is 3.75. The van der Waals surface area contributed by atoms with Gasteiger partial charge in [-0.3, -0.25) is 0 Å². The van der Waals surface area contributed by atoms with Gasteiger partial charge in [-0.05, 0) is 37.0 Å². The van der Waals surface area contributed by atoms with Crippen molar-refractivity contribution in [3.05, 3.63) is 87.3 Å². The maximum atomic E-state index is 4.93. The summed E-state index contributed by atoms with van der Waals surface area (Å²) in [7, 11) is 9.87. The molecule has 0 saturated heterocycles. The topological polar surface area (TPSA) is 0 Å². The van der Waals surface area contributed by atoms with Crippen molar-refractivity contribution in [2.45, 2.75) is 33.1 Å². The Bertz CT molecular complexity index is 765. The molecule has 0 N–H and O–H groups in total. The van der Waals surface area contributed by atoms with Crippen LogP contribution in [0.5, 0.6) is 0 Å². The molecule has 0 atom stereocenters. The van der Waals surface area contributed by atoms with Crippen LogP contribution < -0.4 is 0 Å². The van der Waals surface area contributed by atoms with Crippen LogP contribution in [-0.4, -0.2) is 0 Å². The summed E-state index contributed by atoms with van der Waals surface area (Å²) in [5.41, 5.74) is 11.6. The van der Waals surface area contributed by atoms with E-state index in [9.17, 15) is 0 Å². The fraction of sp³-hybridized carbons (Fsp3) is 0.227. The van der Waals surface area contributed by atoms with E-state index in [4.69, 9.17) is 17.0 Å². The molecule has 0 fully saturated rings. The van der Waals surface area contributed by atoms with Crippen molar-refractivity contribution in [3.8, 4) is 0 Å². The second-order valence-electron chi connectivity index (χ2n) is 6.49. The third-order valence-corrected chi connectivity index (χ3v) is 5.04. The number of aryl methyl sites for hydroxylation is 2. The Morgan fingerprint density at radius 1 is 0.880 bits per heavy atom. The number of benzene rings is 2. The van der Waals surface area contributed by atoms with Crippen molar-refractivity contribution in [2.75, 3.05) is 0 Å². The van der Waals surface area contributed by atoms with Crippen LogP contribution in [0.25, 0.3) is 12.2 Å². The predicted molar refractivity (Wildman–Crippen MR) is 107 cm³/mol. The van der Waals surface area contributed by atoms with Crippen molar-refractivity contribution in [2.24, 2.45) is 0 Å². The van der Waals surface area contributed by atoms with Crippen LogP contribution in [0.1, 0.15) is 44.5 Å². The van der Waals surface area contributed by atoms with Crippen LogP contribution in [0.2, 0.25) is 0 Å².